The summed E-state index contributed by atoms with van der Waals surface area (Å²) in [4.78, 5) is 6.42. The quantitative estimate of drug-likeness (QED) is 0.114. The van der Waals surface area contributed by atoms with Gasteiger partial charge in [0.15, 0.2) is 0 Å². The molecule has 0 atom stereocenters. The van der Waals surface area contributed by atoms with Gasteiger partial charge < -0.3 is 9.47 Å². The van der Waals surface area contributed by atoms with Crippen molar-refractivity contribution in [3.05, 3.63) is 199 Å². The molecule has 0 aliphatic heterocycles. The number of hydrogen-bond donors (Lipinski definition) is 0. The molecule has 0 spiro atoms. The van der Waals surface area contributed by atoms with E-state index in [9.17, 15) is 0 Å². The van der Waals surface area contributed by atoms with Gasteiger partial charge in [-0.15, -0.1) is 0 Å². The highest BCUT2D eigenvalue weighted by atomic mass is 15.1. The van der Waals surface area contributed by atoms with Crippen molar-refractivity contribution >= 4 is 51.2 Å². The smallest absolute Gasteiger partial charge is 0.0541 e. The average molecular weight is 696 g/mol. The molecule has 1 aromatic heterocycles. The number of para-hydroxylation sites is 2. The highest BCUT2D eigenvalue weighted by molar-refractivity contribution is 6.10. The van der Waals surface area contributed by atoms with Crippen LogP contribution in [0.2, 0.25) is 0 Å². The van der Waals surface area contributed by atoms with Gasteiger partial charge in [-0.2, -0.15) is 0 Å². The van der Waals surface area contributed by atoms with Crippen molar-refractivity contribution in [1.82, 2.24) is 4.57 Å². The molecule has 0 bridgehead atoms. The molecule has 1 aliphatic carbocycles. The predicted octanol–water partition coefficient (Wildman–Crippen LogP) is 13.8. The molecule has 0 N–H and O–H groups in total. The fourth-order valence-corrected chi connectivity index (χ4v) is 8.38. The van der Waals surface area contributed by atoms with Crippen molar-refractivity contribution in [3.63, 3.8) is 0 Å². The van der Waals surface area contributed by atoms with Gasteiger partial charge in [-0.3, -0.25) is 4.99 Å². The van der Waals surface area contributed by atoms with Crippen LogP contribution in [0.3, 0.4) is 0 Å². The third kappa shape index (κ3) is 5.48. The van der Waals surface area contributed by atoms with Crippen LogP contribution in [0.5, 0.6) is 0 Å². The second kappa shape index (κ2) is 13.4. The second-order valence-corrected chi connectivity index (χ2v) is 14.5. The molecule has 0 saturated carbocycles. The number of aliphatic imine (C=N–C) groups is 1. The van der Waals surface area contributed by atoms with Gasteiger partial charge in [0.1, 0.15) is 0 Å². The second-order valence-electron chi connectivity index (χ2n) is 14.5. The maximum atomic E-state index is 4.05. The van der Waals surface area contributed by atoms with Crippen molar-refractivity contribution in [2.45, 2.75) is 26.2 Å². The molecule has 1 aliphatic rings. The van der Waals surface area contributed by atoms with Crippen LogP contribution in [0.15, 0.2) is 187 Å². The largest absolute Gasteiger partial charge is 0.310 e. The summed E-state index contributed by atoms with van der Waals surface area (Å²) < 4.78 is 2.36. The van der Waals surface area contributed by atoms with Crippen LogP contribution in [0, 0.1) is 0 Å². The maximum Gasteiger partial charge on any atom is 0.0541 e. The monoisotopic (exact) mass is 695 g/mol. The van der Waals surface area contributed by atoms with E-state index in [-0.39, 0.29) is 5.41 Å². The Balaban J connectivity index is 1.14. The van der Waals surface area contributed by atoms with Crippen LogP contribution in [0.1, 0.15) is 37.5 Å². The number of allylic oxidation sites excluding steroid dienone is 3. The van der Waals surface area contributed by atoms with Gasteiger partial charge in [-0.25, -0.2) is 0 Å². The number of hydrogen-bond acceptors (Lipinski definition) is 2. The third-order valence-electron chi connectivity index (χ3n) is 11.0. The number of fused-ring (bicyclic) bond motifs is 6. The Morgan fingerprint density at radius 1 is 0.593 bits per heavy atom. The van der Waals surface area contributed by atoms with E-state index in [0.29, 0.717) is 0 Å². The van der Waals surface area contributed by atoms with Gasteiger partial charge >= 0.3 is 0 Å². The molecule has 0 radical (unpaired) electrons. The first-order valence-corrected chi connectivity index (χ1v) is 18.6. The number of benzene rings is 7. The molecular formula is C51H41N3. The molecule has 260 valence electrons. The first-order chi connectivity index (χ1) is 26.5. The van der Waals surface area contributed by atoms with Gasteiger partial charge in [0, 0.05) is 45.1 Å². The fourth-order valence-electron chi connectivity index (χ4n) is 8.38. The van der Waals surface area contributed by atoms with Crippen molar-refractivity contribution in [2.24, 2.45) is 4.99 Å². The Bertz CT molecular complexity index is 2740. The first kappa shape index (κ1) is 33.1. The molecule has 8 aromatic rings. The Morgan fingerprint density at radius 3 is 1.98 bits per heavy atom. The molecule has 1 heterocycles. The topological polar surface area (TPSA) is 20.5 Å². The third-order valence-corrected chi connectivity index (χ3v) is 11.0. The Hall–Kier alpha value is -6.71. The van der Waals surface area contributed by atoms with E-state index >= 15 is 0 Å². The molecule has 0 fully saturated rings. The SMILES string of the molecule is C=N/C=C(\C=C/C)c1ccc(N(c2ccc(-c3ccc4c(c3)c3ccccc3n4-c3ccccc3)cc2)c2ccc3c(c2)C(C)(C)c2ccccc2-3)cc1. The zero-order valence-corrected chi connectivity index (χ0v) is 30.9. The van der Waals surface area contributed by atoms with E-state index in [1.807, 2.05) is 19.2 Å². The predicted molar refractivity (Wildman–Crippen MR) is 231 cm³/mol. The molecule has 9 rings (SSSR count). The molecule has 0 amide bonds. The summed E-state index contributed by atoms with van der Waals surface area (Å²) in [5.74, 6) is 0. The molecular weight excluding hydrogens is 655 g/mol. The zero-order chi connectivity index (χ0) is 36.8. The van der Waals surface area contributed by atoms with Crippen molar-refractivity contribution in [2.75, 3.05) is 4.90 Å². The minimum Gasteiger partial charge on any atom is -0.310 e. The van der Waals surface area contributed by atoms with E-state index in [4.69, 9.17) is 0 Å². The molecule has 3 heteroatoms. The number of nitrogens with zero attached hydrogens (tertiary/aromatic N) is 3. The Morgan fingerprint density at radius 2 is 1.22 bits per heavy atom. The van der Waals surface area contributed by atoms with Gasteiger partial charge in [0.25, 0.3) is 0 Å². The summed E-state index contributed by atoms with van der Waals surface area (Å²) in [5.41, 5.74) is 16.6. The van der Waals surface area contributed by atoms with Crippen molar-refractivity contribution in [1.29, 1.82) is 0 Å². The highest BCUT2D eigenvalue weighted by Gasteiger charge is 2.35. The molecule has 7 aromatic carbocycles. The summed E-state index contributed by atoms with van der Waals surface area (Å²) in [6.45, 7) is 10.4. The zero-order valence-electron chi connectivity index (χ0n) is 30.9. The maximum absolute atomic E-state index is 4.05. The summed E-state index contributed by atoms with van der Waals surface area (Å²) in [7, 11) is 0. The Kier molecular flexibility index (Phi) is 8.20. The van der Waals surface area contributed by atoms with Crippen LogP contribution < -0.4 is 4.90 Å². The lowest BCUT2D eigenvalue weighted by molar-refractivity contribution is 0.660. The molecule has 0 unspecified atom stereocenters. The van der Waals surface area contributed by atoms with E-state index in [1.54, 1.807) is 0 Å². The van der Waals surface area contributed by atoms with Gasteiger partial charge in [-0.1, -0.05) is 123 Å². The normalized spacial score (nSPS) is 13.4. The van der Waals surface area contributed by atoms with E-state index in [0.717, 1.165) is 28.2 Å². The van der Waals surface area contributed by atoms with Gasteiger partial charge in [-0.05, 0) is 125 Å². The summed E-state index contributed by atoms with van der Waals surface area (Å²) in [6.07, 6.45) is 5.90. The van der Waals surface area contributed by atoms with E-state index in [1.165, 1.54) is 60.9 Å². The van der Waals surface area contributed by atoms with E-state index < -0.39 is 0 Å². The minimum atomic E-state index is -0.104. The highest BCUT2D eigenvalue weighted by Crippen LogP contribution is 2.50. The summed E-state index contributed by atoms with van der Waals surface area (Å²) in [5, 5.41) is 2.50. The van der Waals surface area contributed by atoms with Crippen LogP contribution in [-0.4, -0.2) is 11.3 Å². The first-order valence-electron chi connectivity index (χ1n) is 18.6. The summed E-state index contributed by atoms with van der Waals surface area (Å²) in [6, 6.07) is 59.7. The van der Waals surface area contributed by atoms with Crippen LogP contribution in [0.4, 0.5) is 17.1 Å². The fraction of sp³-hybridized carbons (Fsp3) is 0.0784. The van der Waals surface area contributed by atoms with Crippen LogP contribution >= 0.6 is 0 Å². The van der Waals surface area contributed by atoms with E-state index in [2.05, 4.69) is 205 Å². The van der Waals surface area contributed by atoms with Crippen molar-refractivity contribution < 1.29 is 0 Å². The Labute approximate surface area is 317 Å². The number of aromatic nitrogens is 1. The molecule has 0 saturated heterocycles. The van der Waals surface area contributed by atoms with Crippen LogP contribution in [0.25, 0.3) is 55.3 Å². The van der Waals surface area contributed by atoms with Crippen molar-refractivity contribution in [3.8, 4) is 27.9 Å². The number of rotatable bonds is 8. The number of anilines is 3. The lowest BCUT2D eigenvalue weighted by Gasteiger charge is -2.28. The minimum absolute atomic E-state index is 0.104. The van der Waals surface area contributed by atoms with Gasteiger partial charge in [0.2, 0.25) is 0 Å². The van der Waals surface area contributed by atoms with Crippen LogP contribution in [-0.2, 0) is 5.41 Å². The molecule has 54 heavy (non-hydrogen) atoms. The summed E-state index contributed by atoms with van der Waals surface area (Å²) >= 11 is 0. The standard InChI is InChI=1S/C51H41N3/c1-5-13-38(34-52-4)36-22-27-41(28-23-36)53(42-29-30-44-43-16-9-11-18-47(43)51(2,3)48(44)33-42)40-25-20-35(21-26-40)37-24-31-50-46(32-37)45-17-10-12-19-49(45)54(50)39-14-7-6-8-15-39/h5-34H,4H2,1-3H3/b13-5-,38-34+. The average Bonchev–Trinajstić information content (AvgIpc) is 3.67. The molecule has 3 nitrogen and oxygen atoms in total. The lowest BCUT2D eigenvalue weighted by atomic mass is 9.82. The lowest BCUT2D eigenvalue weighted by Crippen LogP contribution is -2.16. The van der Waals surface area contributed by atoms with Gasteiger partial charge in [0.05, 0.1) is 11.0 Å².